The van der Waals surface area contributed by atoms with Crippen LogP contribution in [0.3, 0.4) is 0 Å². The van der Waals surface area contributed by atoms with Gasteiger partial charge >= 0.3 is 0 Å². The Bertz CT molecular complexity index is 1490. The van der Waals surface area contributed by atoms with Gasteiger partial charge in [-0.2, -0.15) is 0 Å². The molecule has 9 heteroatoms. The van der Waals surface area contributed by atoms with Crippen molar-refractivity contribution in [2.75, 3.05) is 0 Å². The number of fused-ring (bicyclic) bond motifs is 2. The zero-order chi connectivity index (χ0) is 22.3. The molecule has 0 radical (unpaired) electrons. The number of nitrogens with one attached hydrogen (secondary N) is 1. The van der Waals surface area contributed by atoms with Crippen molar-refractivity contribution in [2.45, 2.75) is 17.8 Å². The summed E-state index contributed by atoms with van der Waals surface area (Å²) >= 11 is 14.4. The molecular weight excluding hydrogens is 470 g/mol. The van der Waals surface area contributed by atoms with E-state index in [4.69, 9.17) is 28.2 Å². The first-order chi connectivity index (χ1) is 15.4. The number of hydrogen-bond acceptors (Lipinski definition) is 5. The molecule has 1 unspecified atom stereocenters. The largest absolute Gasteiger partial charge is 0.345 e. The van der Waals surface area contributed by atoms with Crippen molar-refractivity contribution in [1.82, 2.24) is 20.3 Å². The molecule has 1 N–H and O–H groups in total. The Morgan fingerprint density at radius 3 is 2.91 bits per heavy atom. The number of benzene rings is 1. The van der Waals surface area contributed by atoms with Gasteiger partial charge in [0.1, 0.15) is 20.0 Å². The van der Waals surface area contributed by atoms with Crippen molar-refractivity contribution in [1.29, 1.82) is 0 Å². The van der Waals surface area contributed by atoms with Gasteiger partial charge in [0, 0.05) is 11.6 Å². The first-order valence-corrected chi connectivity index (χ1v) is 11.3. The smallest absolute Gasteiger partial charge is 0.272 e. The number of nitrogens with zero attached hydrogens (tertiary/aromatic N) is 3. The van der Waals surface area contributed by atoms with Gasteiger partial charge in [0.05, 0.1) is 23.1 Å². The Hall–Kier alpha value is -2.87. The van der Waals surface area contributed by atoms with Crippen LogP contribution in [0.15, 0.2) is 48.7 Å². The molecule has 1 aliphatic rings. The van der Waals surface area contributed by atoms with E-state index in [-0.39, 0.29) is 22.3 Å². The van der Waals surface area contributed by atoms with Gasteiger partial charge in [0.2, 0.25) is 0 Å². The molecule has 1 amide bonds. The van der Waals surface area contributed by atoms with Crippen LogP contribution in [-0.4, -0.2) is 20.9 Å². The van der Waals surface area contributed by atoms with E-state index in [1.165, 1.54) is 18.3 Å². The Labute approximate surface area is 196 Å². The third-order valence-corrected chi connectivity index (χ3v) is 7.16. The standard InChI is InChI=1S/C23H15Cl2FN4OS/c24-20-19(21(31)28-12-18-15(26)5-3-9-27-18)30-22(32-20)23(25)8-7-14-10-13-4-1-2-6-16(13)29-17(14)11-23/h1-7,9-11H,8,12H2,(H,28,31). The molecule has 4 aromatic rings. The molecule has 0 spiro atoms. The third-order valence-electron chi connectivity index (χ3n) is 5.18. The van der Waals surface area contributed by atoms with Crippen molar-refractivity contribution >= 4 is 63.5 Å². The molecule has 1 atom stereocenters. The highest BCUT2D eigenvalue weighted by molar-refractivity contribution is 7.16. The molecule has 1 aromatic carbocycles. The van der Waals surface area contributed by atoms with Crippen LogP contribution in [-0.2, 0) is 11.4 Å². The topological polar surface area (TPSA) is 67.8 Å². The van der Waals surface area contributed by atoms with Crippen LogP contribution in [0.4, 0.5) is 4.39 Å². The van der Waals surface area contributed by atoms with E-state index in [0.717, 1.165) is 32.8 Å². The Morgan fingerprint density at radius 1 is 1.22 bits per heavy atom. The Morgan fingerprint density at radius 2 is 2.06 bits per heavy atom. The number of alkyl halides is 1. The Kier molecular flexibility index (Phi) is 5.41. The minimum Gasteiger partial charge on any atom is -0.345 e. The van der Waals surface area contributed by atoms with Gasteiger partial charge in [-0.05, 0) is 42.0 Å². The van der Waals surface area contributed by atoms with Gasteiger partial charge in [-0.1, -0.05) is 35.9 Å². The van der Waals surface area contributed by atoms with E-state index >= 15 is 0 Å². The summed E-state index contributed by atoms with van der Waals surface area (Å²) in [6, 6.07) is 12.7. The first kappa shape index (κ1) is 21.0. The highest BCUT2D eigenvalue weighted by Gasteiger charge is 2.33. The second-order valence-corrected chi connectivity index (χ2v) is 9.60. The zero-order valence-corrected chi connectivity index (χ0v) is 18.8. The van der Waals surface area contributed by atoms with Crippen molar-refractivity contribution in [3.8, 4) is 0 Å². The van der Waals surface area contributed by atoms with Gasteiger partial charge in [-0.3, -0.25) is 9.78 Å². The predicted octanol–water partition coefficient (Wildman–Crippen LogP) is 3.91. The number of para-hydroxylation sites is 1. The molecule has 0 fully saturated rings. The van der Waals surface area contributed by atoms with Crippen molar-refractivity contribution in [3.63, 3.8) is 0 Å². The summed E-state index contributed by atoms with van der Waals surface area (Å²) in [4.78, 5) is 24.7. The van der Waals surface area contributed by atoms with Gasteiger partial charge < -0.3 is 5.32 Å². The average molecular weight is 485 g/mol. The zero-order valence-electron chi connectivity index (χ0n) is 16.5. The molecule has 0 saturated carbocycles. The number of hydrogen-bond donors (Lipinski definition) is 1. The summed E-state index contributed by atoms with van der Waals surface area (Å²) in [5.41, 5.74) is 1.05. The monoisotopic (exact) mass is 484 g/mol. The molecule has 3 heterocycles. The summed E-state index contributed by atoms with van der Waals surface area (Å²) in [6.45, 7) is -0.0784. The normalized spacial score (nSPS) is 17.3. The number of carbonyl (C=O) groups excluding carboxylic acids is 1. The molecule has 32 heavy (non-hydrogen) atoms. The number of halogens is 3. The molecule has 0 saturated heterocycles. The lowest BCUT2D eigenvalue weighted by Gasteiger charge is -2.21. The maximum absolute atomic E-state index is 13.8. The van der Waals surface area contributed by atoms with E-state index in [1.54, 1.807) is 0 Å². The second kappa shape index (κ2) is 8.24. The fourth-order valence-corrected chi connectivity index (χ4v) is 5.06. The number of rotatable bonds is 4. The maximum atomic E-state index is 13.8. The molecule has 1 aliphatic carbocycles. The third kappa shape index (κ3) is 3.88. The fourth-order valence-electron chi connectivity index (χ4n) is 3.52. The fraction of sp³-hybridized carbons (Fsp3) is 0.130. The molecule has 3 aromatic heterocycles. The summed E-state index contributed by atoms with van der Waals surface area (Å²) in [5.74, 6) is -1.02. The van der Waals surface area contributed by atoms with Crippen LogP contribution in [0.25, 0.3) is 23.1 Å². The van der Waals surface area contributed by atoms with Crippen molar-refractivity contribution in [3.05, 3.63) is 85.8 Å². The number of carbonyl (C=O) groups is 1. The van der Waals surface area contributed by atoms with E-state index in [0.29, 0.717) is 11.4 Å². The van der Waals surface area contributed by atoms with Crippen LogP contribution >= 0.6 is 34.5 Å². The number of pyridine rings is 2. The maximum Gasteiger partial charge on any atom is 0.272 e. The summed E-state index contributed by atoms with van der Waals surface area (Å²) < 4.78 is 14.0. The minimum absolute atomic E-state index is 0.0497. The number of amides is 1. The van der Waals surface area contributed by atoms with Gasteiger partial charge in [0.25, 0.3) is 5.91 Å². The van der Waals surface area contributed by atoms with Crippen molar-refractivity contribution in [2.24, 2.45) is 0 Å². The lowest BCUT2D eigenvalue weighted by Crippen LogP contribution is -2.36. The van der Waals surface area contributed by atoms with Crippen LogP contribution in [0.2, 0.25) is 4.34 Å². The molecule has 160 valence electrons. The highest BCUT2D eigenvalue weighted by atomic mass is 35.5. The molecular formula is C23H15Cl2FN4OS. The minimum atomic E-state index is -0.970. The number of aromatic nitrogens is 3. The van der Waals surface area contributed by atoms with E-state index in [9.17, 15) is 9.18 Å². The molecule has 0 aliphatic heterocycles. The van der Waals surface area contributed by atoms with Gasteiger partial charge in [0.15, 0.2) is 5.69 Å². The first-order valence-electron chi connectivity index (χ1n) is 9.75. The average Bonchev–Trinajstić information content (AvgIpc) is 3.19. The molecule has 5 rings (SSSR count). The summed E-state index contributed by atoms with van der Waals surface area (Å²) in [6.07, 6.45) is 5.81. The summed E-state index contributed by atoms with van der Waals surface area (Å²) in [5, 5.41) is 5.91. The quantitative estimate of drug-likeness (QED) is 0.446. The van der Waals surface area contributed by atoms with Crippen LogP contribution in [0.1, 0.15) is 27.6 Å². The second-order valence-electron chi connectivity index (χ2n) is 7.33. The Balaban J connectivity index is 1.44. The SMILES string of the molecule is O=C(NCc1ncccc1F)c1nc(C2(Cl)C=c3nc4ccccc4cc3=CC2)sc1Cl. The van der Waals surface area contributed by atoms with Gasteiger partial charge in [-0.25, -0.2) is 14.4 Å². The van der Waals surface area contributed by atoms with Crippen LogP contribution < -0.4 is 15.9 Å². The number of thiazole rings is 1. The van der Waals surface area contributed by atoms with Crippen molar-refractivity contribution < 1.29 is 9.18 Å². The van der Waals surface area contributed by atoms with Crippen LogP contribution in [0, 0.1) is 5.82 Å². The van der Waals surface area contributed by atoms with E-state index in [2.05, 4.69) is 21.4 Å². The van der Waals surface area contributed by atoms with E-state index < -0.39 is 16.6 Å². The molecule has 5 nitrogen and oxygen atoms in total. The predicted molar refractivity (Wildman–Crippen MR) is 125 cm³/mol. The van der Waals surface area contributed by atoms with Crippen LogP contribution in [0.5, 0.6) is 0 Å². The highest BCUT2D eigenvalue weighted by Crippen LogP contribution is 2.41. The molecule has 0 bridgehead atoms. The van der Waals surface area contributed by atoms with E-state index in [1.807, 2.05) is 36.4 Å². The lowest BCUT2D eigenvalue weighted by molar-refractivity contribution is 0.0945. The van der Waals surface area contributed by atoms with Gasteiger partial charge in [-0.15, -0.1) is 22.9 Å². The summed E-state index contributed by atoms with van der Waals surface area (Å²) in [7, 11) is 0. The lowest BCUT2D eigenvalue weighted by atomic mass is 9.98.